The van der Waals surface area contributed by atoms with E-state index in [0.717, 1.165) is 0 Å². The maximum atomic E-state index is 6.98. The molecule has 0 aliphatic rings. The Bertz CT molecular complexity index is 177. The zero-order valence-corrected chi connectivity index (χ0v) is 2.00. The van der Waals surface area contributed by atoms with Gasteiger partial charge in [0.25, 0.3) is 0 Å². The Morgan fingerprint density at radius 3 is 4.00 bits per heavy atom. The van der Waals surface area contributed by atoms with E-state index in [4.69, 9.17) is 12.3 Å². The largest absolute Gasteiger partial charge is 0.0654 e. The predicted octanol–water partition coefficient (Wildman–Crippen LogP) is 1.62. The maximum absolute atomic E-state index is 6.98. The molecule has 0 heteroatoms. The number of rotatable bonds is 2. The van der Waals surface area contributed by atoms with Gasteiger partial charge in [0.2, 0.25) is 0 Å². The maximum Gasteiger partial charge on any atom is 0.0267 e. The van der Waals surface area contributed by atoms with Crippen LogP contribution in [-0.2, 0) is 0 Å². The van der Waals surface area contributed by atoms with Crippen molar-refractivity contribution in [2.24, 2.45) is 0 Å². The molecule has 0 amide bonds. The van der Waals surface area contributed by atoms with E-state index in [1.807, 2.05) is 0 Å². The minimum absolute atomic E-state index is 1.38. The smallest absolute Gasteiger partial charge is 0.0267 e. The second-order valence-corrected chi connectivity index (χ2v) is 0.250. The Kier molecular flexibility index (Phi) is 0.188. The molecule has 4 heavy (non-hydrogen) atoms. The molecule has 0 saturated heterocycles. The number of hydrogen-bond donors (Lipinski definition) is 0. The van der Waals surface area contributed by atoms with Crippen LogP contribution in [0, 0.1) is 6.88 Å². The second-order valence-electron chi connectivity index (χ2n) is 0.250. The molecule has 0 heterocycles. The zero-order chi connectivity index (χ0) is 11.1. The van der Waals surface area contributed by atoms with Crippen molar-refractivity contribution in [3.05, 3.63) is 6.88 Å². The van der Waals surface area contributed by atoms with Crippen LogP contribution in [0.2, 0.25) is 0 Å². The van der Waals surface area contributed by atoms with Crippen LogP contribution in [0.3, 0.4) is 0 Å². The molecule has 0 spiro atoms. The molecule has 0 N–H and O–H groups in total. The van der Waals surface area contributed by atoms with Gasteiger partial charge in [0.05, 0.1) is 0 Å². The minimum Gasteiger partial charge on any atom is -0.0654 e. The summed E-state index contributed by atoms with van der Waals surface area (Å²) < 4.78 is 61.3. The fraction of sp³-hybridized carbons (Fsp3) is 0.750. The van der Waals surface area contributed by atoms with Crippen molar-refractivity contribution in [2.75, 3.05) is 0 Å². The average molecular weight is 66.2 g/mol. The van der Waals surface area contributed by atoms with E-state index in [0.29, 0.717) is 0 Å². The zero-order valence-electron chi connectivity index (χ0n) is 11.0. The van der Waals surface area contributed by atoms with Gasteiger partial charge in [-0.15, -0.1) is 0 Å². The Morgan fingerprint density at radius 2 is 3.75 bits per heavy atom. The first kappa shape index (κ1) is 0.250. The lowest BCUT2D eigenvalue weighted by molar-refractivity contribution is 0.956. The summed E-state index contributed by atoms with van der Waals surface area (Å²) in [6.45, 7) is -4.57. The van der Waals surface area contributed by atoms with Crippen LogP contribution in [-0.4, -0.2) is 0 Å². The molecule has 0 rings (SSSR count). The quantitative estimate of drug-likeness (QED) is 0.459. The SMILES string of the molecule is [2H][C]([2H])C([2H])([2H])C([2H])([2H])C([2H])([2H])[2H]. The summed E-state index contributed by atoms with van der Waals surface area (Å²) in [7, 11) is 0. The highest BCUT2D eigenvalue weighted by Crippen LogP contribution is 1.75. The number of hydrogen-bond acceptors (Lipinski definition) is 0. The first-order chi connectivity index (χ1) is 5.44. The molecule has 0 atom stereocenters. The summed E-state index contributed by atoms with van der Waals surface area (Å²) in [4.78, 5) is 0. The van der Waals surface area contributed by atoms with E-state index < -0.39 is 26.5 Å². The molecule has 25 valence electrons. The van der Waals surface area contributed by atoms with Crippen LogP contribution in [0.25, 0.3) is 0 Å². The molecule has 0 unspecified atom stereocenters. The lowest BCUT2D eigenvalue weighted by atomic mass is 10.4. The molecule has 0 aliphatic heterocycles. The standard InChI is InChI=1S/C4H9/c1-3-4-2/h1,3-4H2,2H3/i1D2,2D3,3D2,4D2. The fourth-order valence-corrected chi connectivity index (χ4v) is 0. The summed E-state index contributed by atoms with van der Waals surface area (Å²) in [5.41, 5.74) is 0. The van der Waals surface area contributed by atoms with Crippen LogP contribution in [0.5, 0.6) is 0 Å². The van der Waals surface area contributed by atoms with E-state index >= 15 is 0 Å². The topological polar surface area (TPSA) is 0 Å². The highest BCUT2D eigenvalue weighted by atomic mass is 13.6. The summed E-state index contributed by atoms with van der Waals surface area (Å²) in [5.74, 6) is 0. The van der Waals surface area contributed by atoms with E-state index in [1.165, 1.54) is 0 Å². The molecule has 0 aromatic carbocycles. The average Bonchev–Trinajstić information content (AvgIpc) is 1.84. The molecule has 0 aromatic heterocycles. The molecule has 0 bridgehead atoms. The Hall–Kier alpha value is 0. The van der Waals surface area contributed by atoms with Crippen LogP contribution in [0.4, 0.5) is 0 Å². The highest BCUT2D eigenvalue weighted by molar-refractivity contribution is 4.29. The third-order valence-electron chi connectivity index (χ3n) is 0.0625. The fourth-order valence-electron chi connectivity index (χ4n) is 0. The molecule has 0 aliphatic carbocycles. The lowest BCUT2D eigenvalue weighted by Crippen LogP contribution is -1.48. The first-order valence-electron chi connectivity index (χ1n) is 5.25. The van der Waals surface area contributed by atoms with E-state index in [9.17, 15) is 0 Å². The van der Waals surface area contributed by atoms with Crippen molar-refractivity contribution in [3.8, 4) is 0 Å². The van der Waals surface area contributed by atoms with Gasteiger partial charge in [0.1, 0.15) is 0 Å². The summed E-state index contributed by atoms with van der Waals surface area (Å²) in [5, 5.41) is 0. The predicted molar refractivity (Wildman–Crippen MR) is 20.3 cm³/mol. The third-order valence-corrected chi connectivity index (χ3v) is 0.0625. The van der Waals surface area contributed by atoms with Gasteiger partial charge in [-0.1, -0.05) is 26.5 Å². The van der Waals surface area contributed by atoms with Gasteiger partial charge in [0.15, 0.2) is 0 Å². The summed E-state index contributed by atoms with van der Waals surface area (Å²) in [6.07, 6.45) is -6.32. The summed E-state index contributed by atoms with van der Waals surface area (Å²) >= 11 is 0. The lowest BCUT2D eigenvalue weighted by Gasteiger charge is -1.67. The highest BCUT2D eigenvalue weighted by Gasteiger charge is 1.56. The molecular weight excluding hydrogens is 48.0 g/mol. The second kappa shape index (κ2) is 3.00. The van der Waals surface area contributed by atoms with Gasteiger partial charge in [-0.3, -0.25) is 0 Å². The Morgan fingerprint density at radius 1 is 2.75 bits per heavy atom. The molecule has 0 fully saturated rings. The van der Waals surface area contributed by atoms with Crippen molar-refractivity contribution >= 4 is 0 Å². The van der Waals surface area contributed by atoms with E-state index in [-0.39, 0.29) is 0 Å². The van der Waals surface area contributed by atoms with Gasteiger partial charge in [-0.25, -0.2) is 0 Å². The van der Waals surface area contributed by atoms with Crippen molar-refractivity contribution in [3.63, 3.8) is 0 Å². The molecule has 0 saturated carbocycles. The van der Waals surface area contributed by atoms with E-state index in [1.54, 1.807) is 0 Å². The Balaban J connectivity index is 5.04. The summed E-state index contributed by atoms with van der Waals surface area (Å²) in [6, 6.07) is 0. The van der Waals surface area contributed by atoms with Crippen LogP contribution < -0.4 is 0 Å². The van der Waals surface area contributed by atoms with Crippen molar-refractivity contribution in [1.82, 2.24) is 0 Å². The van der Waals surface area contributed by atoms with Gasteiger partial charge >= 0.3 is 0 Å². The van der Waals surface area contributed by atoms with Gasteiger partial charge in [-0.2, -0.15) is 0 Å². The third kappa shape index (κ3) is 2.00. The van der Waals surface area contributed by atoms with Gasteiger partial charge in [0, 0.05) is 12.3 Å². The molecule has 0 aromatic rings. The van der Waals surface area contributed by atoms with Crippen LogP contribution in [0.15, 0.2) is 0 Å². The molecular formula is C4H9. The monoisotopic (exact) mass is 66.1 g/mol. The van der Waals surface area contributed by atoms with Crippen molar-refractivity contribution in [1.29, 1.82) is 0 Å². The molecule has 0 nitrogen and oxygen atoms in total. The normalized spacial score (nSPS) is 51.8. The van der Waals surface area contributed by atoms with Gasteiger partial charge < -0.3 is 0 Å². The van der Waals surface area contributed by atoms with E-state index in [2.05, 4.69) is 0 Å². The van der Waals surface area contributed by atoms with Crippen LogP contribution >= 0.6 is 0 Å². The van der Waals surface area contributed by atoms with Crippen molar-refractivity contribution < 1.29 is 12.3 Å². The first-order valence-corrected chi connectivity index (χ1v) is 0.750. The minimum atomic E-state index is -3.22. The Labute approximate surface area is 40.5 Å². The molecule has 1 radical (unpaired) electrons. The van der Waals surface area contributed by atoms with Crippen LogP contribution in [0.1, 0.15) is 31.9 Å². The van der Waals surface area contributed by atoms with Crippen molar-refractivity contribution in [2.45, 2.75) is 19.6 Å². The van der Waals surface area contributed by atoms with Gasteiger partial charge in [-0.05, 0) is 0 Å².